The Morgan fingerprint density at radius 3 is 2.64 bits per heavy atom. The van der Waals surface area contributed by atoms with Gasteiger partial charge in [0.25, 0.3) is 5.91 Å². The van der Waals surface area contributed by atoms with E-state index in [4.69, 9.17) is 11.6 Å². The summed E-state index contributed by atoms with van der Waals surface area (Å²) in [5.74, 6) is -0.311. The number of hydrogen-bond acceptors (Lipinski definition) is 4. The van der Waals surface area contributed by atoms with Crippen molar-refractivity contribution in [1.29, 1.82) is 0 Å². The number of rotatable bonds is 4. The molecule has 1 aromatic heterocycles. The number of likely N-dealkylation sites (tertiary alicyclic amines) is 1. The molecular weight excluding hydrogens is 358 g/mol. The molecular formula is C18H18ClN3O2S. The van der Waals surface area contributed by atoms with Crippen LogP contribution in [0.25, 0.3) is 0 Å². The smallest absolute Gasteiger partial charge is 0.255 e. The number of amides is 2. The van der Waals surface area contributed by atoms with Crippen molar-refractivity contribution in [2.45, 2.75) is 12.8 Å². The van der Waals surface area contributed by atoms with Crippen molar-refractivity contribution in [2.75, 3.05) is 13.1 Å². The number of thiophene rings is 1. The minimum absolute atomic E-state index is 0.0832. The fraction of sp³-hybridized carbons (Fsp3) is 0.278. The number of nitrogens with one attached hydrogen (secondary N) is 1. The van der Waals surface area contributed by atoms with Crippen LogP contribution >= 0.6 is 22.9 Å². The zero-order valence-electron chi connectivity index (χ0n) is 13.5. The SMILES string of the molecule is O=C(N/N=C\c1cccs1)C1CCN(C(=O)c2ccccc2Cl)CC1. The second-order valence-corrected chi connectivity index (χ2v) is 7.18. The van der Waals surface area contributed by atoms with Gasteiger partial charge in [-0.05, 0) is 36.4 Å². The Kier molecular flexibility index (Phi) is 5.83. The topological polar surface area (TPSA) is 61.8 Å². The molecule has 1 aliphatic heterocycles. The van der Waals surface area contributed by atoms with E-state index in [1.807, 2.05) is 17.5 Å². The first-order valence-electron chi connectivity index (χ1n) is 8.05. The molecule has 2 heterocycles. The molecule has 130 valence electrons. The van der Waals surface area contributed by atoms with Crippen molar-refractivity contribution in [2.24, 2.45) is 11.0 Å². The van der Waals surface area contributed by atoms with Gasteiger partial charge in [0.05, 0.1) is 16.8 Å². The molecule has 0 spiro atoms. The lowest BCUT2D eigenvalue weighted by atomic mass is 9.95. The maximum absolute atomic E-state index is 12.5. The summed E-state index contributed by atoms with van der Waals surface area (Å²) in [4.78, 5) is 27.4. The third kappa shape index (κ3) is 4.46. The molecule has 0 unspecified atom stereocenters. The van der Waals surface area contributed by atoms with E-state index in [9.17, 15) is 9.59 Å². The van der Waals surface area contributed by atoms with Gasteiger partial charge in [-0.3, -0.25) is 9.59 Å². The molecule has 0 bridgehead atoms. The van der Waals surface area contributed by atoms with Gasteiger partial charge in [0.1, 0.15) is 0 Å². The summed E-state index contributed by atoms with van der Waals surface area (Å²) in [5, 5.41) is 6.40. The van der Waals surface area contributed by atoms with E-state index < -0.39 is 0 Å². The Labute approximate surface area is 155 Å². The highest BCUT2D eigenvalue weighted by molar-refractivity contribution is 7.11. The Bertz CT molecular complexity index is 768. The fourth-order valence-corrected chi connectivity index (χ4v) is 3.57. The number of carbonyl (C=O) groups is 2. The number of nitrogens with zero attached hydrogens (tertiary/aromatic N) is 2. The fourth-order valence-electron chi connectivity index (χ4n) is 2.77. The Morgan fingerprint density at radius 2 is 1.96 bits per heavy atom. The number of halogens is 1. The highest BCUT2D eigenvalue weighted by atomic mass is 35.5. The van der Waals surface area contributed by atoms with Crippen molar-refractivity contribution >= 4 is 41.0 Å². The van der Waals surface area contributed by atoms with E-state index >= 15 is 0 Å². The first-order valence-corrected chi connectivity index (χ1v) is 9.31. The zero-order valence-corrected chi connectivity index (χ0v) is 15.1. The maximum Gasteiger partial charge on any atom is 0.255 e. The Hall–Kier alpha value is -2.18. The number of benzene rings is 1. The molecule has 1 fully saturated rings. The third-order valence-corrected chi connectivity index (χ3v) is 5.30. The van der Waals surface area contributed by atoms with E-state index in [2.05, 4.69) is 10.5 Å². The molecule has 7 heteroatoms. The monoisotopic (exact) mass is 375 g/mol. The predicted molar refractivity (Wildman–Crippen MR) is 100 cm³/mol. The number of hydrazone groups is 1. The van der Waals surface area contributed by atoms with E-state index in [0.29, 0.717) is 36.5 Å². The molecule has 0 atom stereocenters. The van der Waals surface area contributed by atoms with Crippen LogP contribution in [0.5, 0.6) is 0 Å². The molecule has 3 rings (SSSR count). The van der Waals surface area contributed by atoms with Crippen LogP contribution in [-0.4, -0.2) is 36.0 Å². The van der Waals surface area contributed by atoms with Crippen LogP contribution in [-0.2, 0) is 4.79 Å². The minimum Gasteiger partial charge on any atom is -0.339 e. The van der Waals surface area contributed by atoms with Crippen molar-refractivity contribution in [3.8, 4) is 0 Å². The van der Waals surface area contributed by atoms with E-state index in [0.717, 1.165) is 4.88 Å². The summed E-state index contributed by atoms with van der Waals surface area (Å²) in [6, 6.07) is 10.9. The summed E-state index contributed by atoms with van der Waals surface area (Å²) in [5.41, 5.74) is 3.10. The average Bonchev–Trinajstić information content (AvgIpc) is 3.15. The van der Waals surface area contributed by atoms with Crippen LogP contribution in [0.1, 0.15) is 28.1 Å². The summed E-state index contributed by atoms with van der Waals surface area (Å²) < 4.78 is 0. The van der Waals surface area contributed by atoms with Gasteiger partial charge < -0.3 is 4.90 Å². The second kappa shape index (κ2) is 8.27. The molecule has 5 nitrogen and oxygen atoms in total. The predicted octanol–water partition coefficient (Wildman–Crippen LogP) is 3.40. The van der Waals surface area contributed by atoms with Crippen molar-refractivity contribution < 1.29 is 9.59 Å². The maximum atomic E-state index is 12.5. The zero-order chi connectivity index (χ0) is 17.6. The van der Waals surface area contributed by atoms with Crippen LogP contribution in [0.3, 0.4) is 0 Å². The van der Waals surface area contributed by atoms with Gasteiger partial charge in [-0.15, -0.1) is 11.3 Å². The first kappa shape index (κ1) is 17.6. The quantitative estimate of drug-likeness (QED) is 0.657. The molecule has 25 heavy (non-hydrogen) atoms. The van der Waals surface area contributed by atoms with Crippen molar-refractivity contribution in [3.63, 3.8) is 0 Å². The van der Waals surface area contributed by atoms with Crippen LogP contribution < -0.4 is 5.43 Å². The van der Waals surface area contributed by atoms with Gasteiger partial charge in [-0.2, -0.15) is 5.10 Å². The van der Waals surface area contributed by atoms with Crippen molar-refractivity contribution in [1.82, 2.24) is 10.3 Å². The summed E-state index contributed by atoms with van der Waals surface area (Å²) in [6.07, 6.45) is 2.88. The van der Waals surface area contributed by atoms with Gasteiger partial charge in [0, 0.05) is 23.9 Å². The van der Waals surface area contributed by atoms with Crippen molar-refractivity contribution in [3.05, 3.63) is 57.2 Å². The highest BCUT2D eigenvalue weighted by Gasteiger charge is 2.28. The molecule has 0 radical (unpaired) electrons. The minimum atomic E-state index is -0.129. The summed E-state index contributed by atoms with van der Waals surface area (Å²) in [7, 11) is 0. The molecule has 1 N–H and O–H groups in total. The van der Waals surface area contributed by atoms with E-state index in [1.54, 1.807) is 46.7 Å². The van der Waals surface area contributed by atoms with E-state index in [-0.39, 0.29) is 17.7 Å². The van der Waals surface area contributed by atoms with Gasteiger partial charge in [0.2, 0.25) is 5.91 Å². The van der Waals surface area contributed by atoms with Crippen LogP contribution in [0.15, 0.2) is 46.9 Å². The molecule has 1 saturated heterocycles. The van der Waals surface area contributed by atoms with Gasteiger partial charge >= 0.3 is 0 Å². The lowest BCUT2D eigenvalue weighted by Crippen LogP contribution is -2.42. The molecule has 1 aliphatic rings. The van der Waals surface area contributed by atoms with Crippen LogP contribution in [0.4, 0.5) is 0 Å². The molecule has 0 saturated carbocycles. The second-order valence-electron chi connectivity index (χ2n) is 5.80. The average molecular weight is 376 g/mol. The largest absolute Gasteiger partial charge is 0.339 e. The number of carbonyl (C=O) groups excluding carboxylic acids is 2. The molecule has 2 amide bonds. The van der Waals surface area contributed by atoms with Crippen LogP contribution in [0, 0.1) is 5.92 Å². The van der Waals surface area contributed by atoms with Gasteiger partial charge in [-0.1, -0.05) is 29.8 Å². The van der Waals surface area contributed by atoms with E-state index in [1.165, 1.54) is 0 Å². The van der Waals surface area contributed by atoms with Crippen LogP contribution in [0.2, 0.25) is 5.02 Å². The first-order chi connectivity index (χ1) is 12.1. The van der Waals surface area contributed by atoms with Gasteiger partial charge in [0.15, 0.2) is 0 Å². The summed E-state index contributed by atoms with van der Waals surface area (Å²) in [6.45, 7) is 1.08. The molecule has 1 aromatic carbocycles. The molecule has 0 aliphatic carbocycles. The highest BCUT2D eigenvalue weighted by Crippen LogP contribution is 2.22. The van der Waals surface area contributed by atoms with Gasteiger partial charge in [-0.25, -0.2) is 5.43 Å². The molecule has 2 aromatic rings. The lowest BCUT2D eigenvalue weighted by molar-refractivity contribution is -0.126. The normalized spacial score (nSPS) is 15.5. The standard InChI is InChI=1S/C18H18ClN3O2S/c19-16-6-2-1-5-15(16)18(24)22-9-7-13(8-10-22)17(23)21-20-12-14-4-3-11-25-14/h1-6,11-13H,7-10H2,(H,21,23)/b20-12-. The number of piperidine rings is 1. The lowest BCUT2D eigenvalue weighted by Gasteiger charge is -2.31. The third-order valence-electron chi connectivity index (χ3n) is 4.17. The Balaban J connectivity index is 1.50. The Morgan fingerprint density at radius 1 is 1.20 bits per heavy atom. The number of hydrogen-bond donors (Lipinski definition) is 1. The summed E-state index contributed by atoms with van der Waals surface area (Å²) >= 11 is 7.65.